The average molecular weight is 371 g/mol. The first-order chi connectivity index (χ1) is 12.6. The molecule has 136 valence electrons. The molecule has 26 heavy (non-hydrogen) atoms. The second-order valence-corrected chi connectivity index (χ2v) is 7.28. The zero-order valence-electron chi connectivity index (χ0n) is 15.3. The topological polar surface area (TPSA) is 65.5 Å². The highest BCUT2D eigenvalue weighted by atomic mass is 32.1. The lowest BCUT2D eigenvalue weighted by molar-refractivity contribution is 0.324. The smallest absolute Gasteiger partial charge is 0.203 e. The molecule has 4 rings (SSSR count). The Bertz CT molecular complexity index is 959. The summed E-state index contributed by atoms with van der Waals surface area (Å²) in [6.07, 6.45) is 3.43. The average Bonchev–Trinajstić information content (AvgIpc) is 3.21. The number of hydrogen-bond donors (Lipinski definition) is 1. The van der Waals surface area contributed by atoms with Crippen molar-refractivity contribution < 1.29 is 14.2 Å². The summed E-state index contributed by atoms with van der Waals surface area (Å²) >= 11 is 1.79. The third kappa shape index (κ3) is 2.72. The number of aryl methyl sites for hydroxylation is 3. The van der Waals surface area contributed by atoms with Crippen molar-refractivity contribution in [2.45, 2.75) is 26.2 Å². The van der Waals surface area contributed by atoms with E-state index in [9.17, 15) is 0 Å². The molecular weight excluding hydrogens is 350 g/mol. The van der Waals surface area contributed by atoms with E-state index in [1.807, 2.05) is 19.1 Å². The van der Waals surface area contributed by atoms with Crippen LogP contribution in [0.1, 0.15) is 22.7 Å². The summed E-state index contributed by atoms with van der Waals surface area (Å²) in [7, 11) is 4.82. The number of nitrogens with one attached hydrogen (secondary N) is 1. The summed E-state index contributed by atoms with van der Waals surface area (Å²) in [4.78, 5) is 11.8. The van der Waals surface area contributed by atoms with Gasteiger partial charge in [-0.3, -0.25) is 0 Å². The van der Waals surface area contributed by atoms with E-state index < -0.39 is 0 Å². The summed E-state index contributed by atoms with van der Waals surface area (Å²) in [5.41, 5.74) is 2.22. The number of ether oxygens (including phenoxy) is 3. The zero-order chi connectivity index (χ0) is 18.3. The predicted octanol–water partition coefficient (Wildman–Crippen LogP) is 4.26. The van der Waals surface area contributed by atoms with E-state index >= 15 is 0 Å². The molecule has 0 radical (unpaired) electrons. The number of aromatic nitrogens is 2. The molecule has 0 fully saturated rings. The molecule has 6 nitrogen and oxygen atoms in total. The molecule has 7 heteroatoms. The van der Waals surface area contributed by atoms with Crippen LogP contribution in [0.3, 0.4) is 0 Å². The standard InChI is InChI=1S/C19H21N3O3S/c1-10-20-18(16-12-6-5-7-15(12)26-19(16)21-10)22-11-8-13(23-2)17(25-4)14(9-11)24-3/h8-9H,5-7H2,1-4H3,(H,20,21,22). The lowest BCUT2D eigenvalue weighted by Gasteiger charge is -2.15. The van der Waals surface area contributed by atoms with E-state index in [0.717, 1.165) is 40.4 Å². The maximum absolute atomic E-state index is 5.45. The fraction of sp³-hybridized carbons (Fsp3) is 0.368. The van der Waals surface area contributed by atoms with Gasteiger partial charge in [0.25, 0.3) is 0 Å². The Morgan fingerprint density at radius 1 is 1.00 bits per heavy atom. The summed E-state index contributed by atoms with van der Waals surface area (Å²) in [5, 5.41) is 4.58. The van der Waals surface area contributed by atoms with Crippen LogP contribution in [0.5, 0.6) is 17.2 Å². The van der Waals surface area contributed by atoms with Crippen molar-refractivity contribution in [2.75, 3.05) is 26.6 Å². The minimum atomic E-state index is 0.570. The van der Waals surface area contributed by atoms with E-state index in [2.05, 4.69) is 15.3 Å². The van der Waals surface area contributed by atoms with Crippen LogP contribution >= 0.6 is 11.3 Å². The van der Waals surface area contributed by atoms with Crippen LogP contribution in [0.15, 0.2) is 12.1 Å². The van der Waals surface area contributed by atoms with Crippen LogP contribution in [-0.4, -0.2) is 31.3 Å². The Morgan fingerprint density at radius 2 is 1.73 bits per heavy atom. The molecular formula is C19H21N3O3S. The fourth-order valence-electron chi connectivity index (χ4n) is 3.48. The first kappa shape index (κ1) is 16.9. The Balaban J connectivity index is 1.83. The molecule has 1 aliphatic carbocycles. The number of anilines is 2. The highest BCUT2D eigenvalue weighted by Gasteiger charge is 2.22. The summed E-state index contributed by atoms with van der Waals surface area (Å²) in [6, 6.07) is 3.77. The highest BCUT2D eigenvalue weighted by Crippen LogP contribution is 2.43. The van der Waals surface area contributed by atoms with Crippen LogP contribution < -0.4 is 19.5 Å². The Labute approximate surface area is 156 Å². The van der Waals surface area contributed by atoms with Gasteiger partial charge >= 0.3 is 0 Å². The summed E-state index contributed by atoms with van der Waals surface area (Å²) < 4.78 is 16.3. The van der Waals surface area contributed by atoms with Crippen molar-refractivity contribution in [1.82, 2.24) is 9.97 Å². The van der Waals surface area contributed by atoms with Crippen LogP contribution in [-0.2, 0) is 12.8 Å². The largest absolute Gasteiger partial charge is 0.493 e. The molecule has 1 N–H and O–H groups in total. The number of hydrogen-bond acceptors (Lipinski definition) is 7. The summed E-state index contributed by atoms with van der Waals surface area (Å²) in [6.45, 7) is 1.92. The first-order valence-corrected chi connectivity index (χ1v) is 9.32. The molecule has 0 aliphatic heterocycles. The SMILES string of the molecule is COc1cc(Nc2nc(C)nc3sc4c(c23)CCC4)cc(OC)c1OC. The molecule has 1 aromatic carbocycles. The van der Waals surface area contributed by atoms with Gasteiger partial charge in [-0.1, -0.05) is 0 Å². The van der Waals surface area contributed by atoms with Gasteiger partial charge in [-0.15, -0.1) is 11.3 Å². The van der Waals surface area contributed by atoms with Crippen LogP contribution in [0.2, 0.25) is 0 Å². The van der Waals surface area contributed by atoms with Crippen LogP contribution in [0.4, 0.5) is 11.5 Å². The molecule has 1 aliphatic rings. The Morgan fingerprint density at radius 3 is 2.38 bits per heavy atom. The maximum atomic E-state index is 5.45. The van der Waals surface area contributed by atoms with Gasteiger partial charge in [-0.05, 0) is 31.7 Å². The number of methoxy groups -OCH3 is 3. The normalized spacial score (nSPS) is 12.9. The Hall–Kier alpha value is -2.54. The van der Waals surface area contributed by atoms with Gasteiger partial charge in [0.2, 0.25) is 5.75 Å². The molecule has 0 amide bonds. The third-order valence-electron chi connectivity index (χ3n) is 4.60. The second kappa shape index (κ2) is 6.64. The third-order valence-corrected chi connectivity index (χ3v) is 5.79. The van der Waals surface area contributed by atoms with Gasteiger partial charge in [-0.25, -0.2) is 9.97 Å². The minimum Gasteiger partial charge on any atom is -0.493 e. The predicted molar refractivity (Wildman–Crippen MR) is 104 cm³/mol. The van der Waals surface area contributed by atoms with E-state index in [-0.39, 0.29) is 0 Å². The van der Waals surface area contributed by atoms with E-state index in [0.29, 0.717) is 17.2 Å². The number of rotatable bonds is 5. The summed E-state index contributed by atoms with van der Waals surface area (Å²) in [5.74, 6) is 3.37. The van der Waals surface area contributed by atoms with Crippen molar-refractivity contribution in [2.24, 2.45) is 0 Å². The van der Waals surface area contributed by atoms with Crippen LogP contribution in [0, 0.1) is 6.92 Å². The van der Waals surface area contributed by atoms with Gasteiger partial charge in [-0.2, -0.15) is 0 Å². The molecule has 0 saturated heterocycles. The lowest BCUT2D eigenvalue weighted by Crippen LogP contribution is -2.01. The van der Waals surface area contributed by atoms with Crippen molar-refractivity contribution in [3.63, 3.8) is 0 Å². The van der Waals surface area contributed by atoms with Crippen molar-refractivity contribution in [3.05, 3.63) is 28.4 Å². The van der Waals surface area contributed by atoms with E-state index in [1.165, 1.54) is 16.9 Å². The van der Waals surface area contributed by atoms with Gasteiger partial charge < -0.3 is 19.5 Å². The number of fused-ring (bicyclic) bond motifs is 3. The highest BCUT2D eigenvalue weighted by molar-refractivity contribution is 7.19. The molecule has 2 aromatic heterocycles. The van der Waals surface area contributed by atoms with E-state index in [1.54, 1.807) is 32.7 Å². The maximum Gasteiger partial charge on any atom is 0.203 e. The minimum absolute atomic E-state index is 0.570. The van der Waals surface area contributed by atoms with Gasteiger partial charge in [0.15, 0.2) is 11.5 Å². The van der Waals surface area contributed by atoms with Gasteiger partial charge in [0.1, 0.15) is 16.5 Å². The number of nitrogens with zero attached hydrogens (tertiary/aromatic N) is 2. The molecule has 2 heterocycles. The number of benzene rings is 1. The number of thiophene rings is 1. The second-order valence-electron chi connectivity index (χ2n) is 6.20. The van der Waals surface area contributed by atoms with Crippen molar-refractivity contribution in [1.29, 1.82) is 0 Å². The monoisotopic (exact) mass is 371 g/mol. The molecule has 3 aromatic rings. The molecule has 0 unspecified atom stereocenters. The van der Waals surface area contributed by atoms with Gasteiger partial charge in [0, 0.05) is 22.7 Å². The van der Waals surface area contributed by atoms with Crippen LogP contribution in [0.25, 0.3) is 10.2 Å². The molecule has 0 saturated carbocycles. The fourth-order valence-corrected chi connectivity index (χ4v) is 4.79. The zero-order valence-corrected chi connectivity index (χ0v) is 16.1. The molecule has 0 atom stereocenters. The quantitative estimate of drug-likeness (QED) is 0.723. The van der Waals surface area contributed by atoms with Crippen molar-refractivity contribution >= 4 is 33.1 Å². The Kier molecular flexibility index (Phi) is 4.32. The first-order valence-electron chi connectivity index (χ1n) is 8.50. The van der Waals surface area contributed by atoms with Crippen molar-refractivity contribution in [3.8, 4) is 17.2 Å². The molecule has 0 spiro atoms. The van der Waals surface area contributed by atoms with E-state index in [4.69, 9.17) is 14.2 Å². The van der Waals surface area contributed by atoms with Gasteiger partial charge in [0.05, 0.1) is 26.7 Å². The molecule has 0 bridgehead atoms. The lowest BCUT2D eigenvalue weighted by atomic mass is 10.2.